The van der Waals surface area contributed by atoms with E-state index in [0.29, 0.717) is 18.4 Å². The summed E-state index contributed by atoms with van der Waals surface area (Å²) in [5.74, 6) is 1.22. The summed E-state index contributed by atoms with van der Waals surface area (Å²) in [6.07, 6.45) is 6.45. The maximum atomic E-state index is 12.4. The molecule has 8 heteroatoms. The molecule has 8 nitrogen and oxygen atoms in total. The molecule has 6 rings (SSSR count). The molecule has 0 aromatic carbocycles. The Bertz CT molecular complexity index is 968. The van der Waals surface area contributed by atoms with Crippen molar-refractivity contribution >= 4 is 5.97 Å². The highest BCUT2D eigenvalue weighted by Crippen LogP contribution is 2.70. The van der Waals surface area contributed by atoms with Gasteiger partial charge in [0.25, 0.3) is 0 Å². The fourth-order valence-electron chi connectivity index (χ4n) is 10.1. The molecule has 13 atom stereocenters. The van der Waals surface area contributed by atoms with Crippen molar-refractivity contribution in [3.05, 3.63) is 11.6 Å². The highest BCUT2D eigenvalue weighted by molar-refractivity contribution is 5.85. The van der Waals surface area contributed by atoms with E-state index in [-0.39, 0.29) is 34.7 Å². The van der Waals surface area contributed by atoms with Crippen molar-refractivity contribution in [1.82, 2.24) is 0 Å². The van der Waals surface area contributed by atoms with Crippen LogP contribution in [0.2, 0.25) is 0 Å². The second-order valence-electron chi connectivity index (χ2n) is 13.7. The Kier molecular flexibility index (Phi) is 6.80. The molecular formula is C30H46O8. The van der Waals surface area contributed by atoms with Crippen molar-refractivity contribution in [3.8, 4) is 0 Å². The number of hydrogen-bond acceptors (Lipinski definition) is 8. The SMILES string of the molecule is CO[C@H]1[C@H](O)[C@H](O[C@H]2CC[C@@]3(C)[C@H](CC[C@@H]4[C@@H]3CC[C@]3(C)[C@H](C5=CC(=O)OC5)CC[C@]43O)C2)O[C@@H](C)[C@@H]1O. The Morgan fingerprint density at radius 3 is 2.50 bits per heavy atom. The lowest BCUT2D eigenvalue weighted by molar-refractivity contribution is -0.313. The molecule has 0 radical (unpaired) electrons. The Balaban J connectivity index is 1.16. The molecule has 6 aliphatic rings. The molecule has 5 fully saturated rings. The Morgan fingerprint density at radius 1 is 1.00 bits per heavy atom. The van der Waals surface area contributed by atoms with Crippen molar-refractivity contribution in [3.63, 3.8) is 0 Å². The Labute approximate surface area is 226 Å². The van der Waals surface area contributed by atoms with Gasteiger partial charge in [0.2, 0.25) is 0 Å². The average molecular weight is 535 g/mol. The van der Waals surface area contributed by atoms with Gasteiger partial charge in [0.15, 0.2) is 6.29 Å². The van der Waals surface area contributed by atoms with Gasteiger partial charge in [-0.25, -0.2) is 4.79 Å². The minimum Gasteiger partial charge on any atom is -0.458 e. The molecule has 0 aromatic heterocycles. The van der Waals surface area contributed by atoms with Crippen LogP contribution in [-0.4, -0.2) is 77.4 Å². The first-order valence-corrected chi connectivity index (χ1v) is 14.8. The number of esters is 1. The number of aliphatic hydroxyl groups is 3. The van der Waals surface area contributed by atoms with Gasteiger partial charge in [-0.15, -0.1) is 0 Å². The minimum absolute atomic E-state index is 0.0103. The zero-order valence-corrected chi connectivity index (χ0v) is 23.3. The van der Waals surface area contributed by atoms with Gasteiger partial charge in [-0.05, 0) is 99.4 Å². The maximum Gasteiger partial charge on any atom is 0.331 e. The van der Waals surface area contributed by atoms with Gasteiger partial charge in [-0.3, -0.25) is 0 Å². The fraction of sp³-hybridized carbons (Fsp3) is 0.900. The predicted octanol–water partition coefficient (Wildman–Crippen LogP) is 3.11. The number of rotatable bonds is 4. The molecule has 0 amide bonds. The number of carbonyl (C=O) groups excluding carboxylic acids is 1. The lowest BCUT2D eigenvalue weighted by atomic mass is 9.43. The summed E-state index contributed by atoms with van der Waals surface area (Å²) in [4.78, 5) is 11.8. The normalized spacial score (nSPS) is 54.5. The molecule has 4 saturated carbocycles. The third kappa shape index (κ3) is 3.88. The van der Waals surface area contributed by atoms with E-state index in [2.05, 4.69) is 13.8 Å². The van der Waals surface area contributed by atoms with Crippen LogP contribution in [0.4, 0.5) is 0 Å². The van der Waals surface area contributed by atoms with Crippen LogP contribution in [-0.2, 0) is 23.7 Å². The first kappa shape index (κ1) is 27.2. The Morgan fingerprint density at radius 2 is 1.79 bits per heavy atom. The third-order valence-corrected chi connectivity index (χ3v) is 12.3. The summed E-state index contributed by atoms with van der Waals surface area (Å²) < 4.78 is 22.8. The van der Waals surface area contributed by atoms with Crippen molar-refractivity contribution in [2.24, 2.45) is 34.5 Å². The molecule has 214 valence electrons. The average Bonchev–Trinajstić information content (AvgIpc) is 3.43. The largest absolute Gasteiger partial charge is 0.458 e. The van der Waals surface area contributed by atoms with E-state index in [9.17, 15) is 20.1 Å². The van der Waals surface area contributed by atoms with Gasteiger partial charge in [0, 0.05) is 18.6 Å². The van der Waals surface area contributed by atoms with Crippen LogP contribution in [0, 0.1) is 34.5 Å². The van der Waals surface area contributed by atoms with Crippen LogP contribution in [0.5, 0.6) is 0 Å². The van der Waals surface area contributed by atoms with Gasteiger partial charge in [-0.2, -0.15) is 0 Å². The van der Waals surface area contributed by atoms with Crippen molar-refractivity contribution in [2.45, 2.75) is 121 Å². The molecule has 0 bridgehead atoms. The maximum absolute atomic E-state index is 12.4. The number of carbonyl (C=O) groups is 1. The molecular weight excluding hydrogens is 488 g/mol. The second-order valence-corrected chi connectivity index (χ2v) is 13.7. The highest BCUT2D eigenvalue weighted by atomic mass is 16.7. The number of fused-ring (bicyclic) bond motifs is 5. The summed E-state index contributed by atoms with van der Waals surface area (Å²) in [5.41, 5.74) is 0.300. The van der Waals surface area contributed by atoms with Gasteiger partial charge in [0.05, 0.1) is 17.8 Å². The zero-order chi connectivity index (χ0) is 27.0. The quantitative estimate of drug-likeness (QED) is 0.372. The molecule has 0 spiro atoms. The van der Waals surface area contributed by atoms with Crippen LogP contribution in [0.25, 0.3) is 0 Å². The van der Waals surface area contributed by atoms with Crippen molar-refractivity contribution < 1.29 is 39.1 Å². The molecule has 0 aromatic rings. The lowest BCUT2D eigenvalue weighted by Crippen LogP contribution is -2.62. The smallest absolute Gasteiger partial charge is 0.331 e. The van der Waals surface area contributed by atoms with E-state index in [1.165, 1.54) is 7.11 Å². The minimum atomic E-state index is -1.04. The molecule has 1 saturated heterocycles. The number of aliphatic hydroxyl groups excluding tert-OH is 2. The summed E-state index contributed by atoms with van der Waals surface area (Å²) in [6, 6.07) is 0. The fourth-order valence-corrected chi connectivity index (χ4v) is 10.1. The van der Waals surface area contributed by atoms with Gasteiger partial charge < -0.3 is 34.3 Å². The van der Waals surface area contributed by atoms with Crippen molar-refractivity contribution in [2.75, 3.05) is 13.7 Å². The molecule has 4 aliphatic carbocycles. The summed E-state index contributed by atoms with van der Waals surface area (Å²) in [6.45, 7) is 6.87. The molecule has 0 unspecified atom stereocenters. The van der Waals surface area contributed by atoms with E-state index in [1.54, 1.807) is 13.0 Å². The standard InChI is InChI=1S/C30H46O8/c1-16-24(32)26(35-4)25(33)27(37-16)38-19-7-10-28(2)18(14-19)5-6-22-21(28)8-11-29(3)20(9-12-30(22,29)34)17-13-23(31)36-15-17/h13,16,18-22,24-27,32-34H,5-12,14-15H2,1-4H3/t16-,18+,19-,20-,21-,22+,24-,25-,26+,27-,28-,29+,30-/m0/s1. The van der Waals surface area contributed by atoms with Crippen LogP contribution < -0.4 is 0 Å². The van der Waals surface area contributed by atoms with E-state index in [4.69, 9.17) is 18.9 Å². The first-order chi connectivity index (χ1) is 18.0. The zero-order valence-electron chi connectivity index (χ0n) is 23.3. The Hall–Kier alpha value is -1.03. The number of methoxy groups -OCH3 is 1. The van der Waals surface area contributed by atoms with Crippen LogP contribution in [0.15, 0.2) is 11.6 Å². The third-order valence-electron chi connectivity index (χ3n) is 12.3. The highest BCUT2D eigenvalue weighted by Gasteiger charge is 2.67. The van der Waals surface area contributed by atoms with Gasteiger partial charge >= 0.3 is 5.97 Å². The topological polar surface area (TPSA) is 115 Å². The first-order valence-electron chi connectivity index (χ1n) is 14.8. The van der Waals surface area contributed by atoms with Crippen molar-refractivity contribution in [1.29, 1.82) is 0 Å². The molecule has 3 N–H and O–H groups in total. The van der Waals surface area contributed by atoms with Gasteiger partial charge in [-0.1, -0.05) is 13.8 Å². The van der Waals surface area contributed by atoms with E-state index in [1.807, 2.05) is 0 Å². The van der Waals surface area contributed by atoms with E-state index >= 15 is 0 Å². The monoisotopic (exact) mass is 534 g/mol. The number of ether oxygens (including phenoxy) is 4. The predicted molar refractivity (Wildman–Crippen MR) is 138 cm³/mol. The van der Waals surface area contributed by atoms with E-state index < -0.39 is 36.3 Å². The lowest BCUT2D eigenvalue weighted by Gasteiger charge is -2.64. The summed E-state index contributed by atoms with van der Waals surface area (Å²) >= 11 is 0. The van der Waals surface area contributed by atoms with Crippen LogP contribution in [0.1, 0.15) is 78.6 Å². The molecule has 2 aliphatic heterocycles. The summed E-state index contributed by atoms with van der Waals surface area (Å²) in [7, 11) is 1.49. The molecule has 38 heavy (non-hydrogen) atoms. The van der Waals surface area contributed by atoms with Crippen LogP contribution >= 0.6 is 0 Å². The van der Waals surface area contributed by atoms with Crippen LogP contribution in [0.3, 0.4) is 0 Å². The molecule has 2 heterocycles. The number of cyclic esters (lactones) is 1. The van der Waals surface area contributed by atoms with Gasteiger partial charge in [0.1, 0.15) is 24.9 Å². The summed E-state index contributed by atoms with van der Waals surface area (Å²) in [5, 5.41) is 33.5. The van der Waals surface area contributed by atoms with E-state index in [0.717, 1.165) is 63.4 Å². The second kappa shape index (κ2) is 9.52. The number of hydrogen-bond donors (Lipinski definition) is 3.